The molecule has 1 fully saturated rings. The Labute approximate surface area is 128 Å². The molecule has 1 aromatic carbocycles. The SMILES string of the molecule is CN(CCc1ccccc1)C1(CN)CSCCC1(C)C. The molecule has 2 N–H and O–H groups in total. The van der Waals surface area contributed by atoms with Crippen molar-refractivity contribution in [3.63, 3.8) is 0 Å². The van der Waals surface area contributed by atoms with E-state index in [-0.39, 0.29) is 5.54 Å². The lowest BCUT2D eigenvalue weighted by atomic mass is 9.70. The Kier molecular flexibility index (Phi) is 5.16. The Bertz CT molecular complexity index is 418. The van der Waals surface area contributed by atoms with E-state index in [9.17, 15) is 0 Å². The lowest BCUT2D eigenvalue weighted by Gasteiger charge is -2.54. The fourth-order valence-electron chi connectivity index (χ4n) is 3.27. The number of hydrogen-bond acceptors (Lipinski definition) is 3. The van der Waals surface area contributed by atoms with Crippen molar-refractivity contribution in [2.45, 2.75) is 32.2 Å². The topological polar surface area (TPSA) is 29.3 Å². The smallest absolute Gasteiger partial charge is 0.0470 e. The van der Waals surface area contributed by atoms with Gasteiger partial charge in [-0.05, 0) is 36.6 Å². The van der Waals surface area contributed by atoms with Gasteiger partial charge in [0.15, 0.2) is 0 Å². The molecule has 112 valence electrons. The van der Waals surface area contributed by atoms with Crippen molar-refractivity contribution in [2.24, 2.45) is 11.1 Å². The predicted molar refractivity (Wildman–Crippen MR) is 90.3 cm³/mol. The highest BCUT2D eigenvalue weighted by atomic mass is 32.2. The lowest BCUT2D eigenvalue weighted by molar-refractivity contribution is 0.0211. The maximum absolute atomic E-state index is 6.23. The number of thioether (sulfide) groups is 1. The van der Waals surface area contributed by atoms with E-state index in [1.54, 1.807) is 0 Å². The number of likely N-dealkylation sites (N-methyl/N-ethyl adjacent to an activating group) is 1. The van der Waals surface area contributed by atoms with Gasteiger partial charge in [-0.3, -0.25) is 4.90 Å². The second-order valence-electron chi connectivity index (χ2n) is 6.58. The van der Waals surface area contributed by atoms with E-state index in [1.165, 1.54) is 17.7 Å². The molecule has 0 spiro atoms. The van der Waals surface area contributed by atoms with Gasteiger partial charge in [-0.1, -0.05) is 44.2 Å². The summed E-state index contributed by atoms with van der Waals surface area (Å²) in [4.78, 5) is 2.52. The molecule has 2 rings (SSSR count). The molecule has 1 aromatic rings. The summed E-state index contributed by atoms with van der Waals surface area (Å²) in [6.45, 7) is 6.60. The van der Waals surface area contributed by atoms with E-state index in [0.717, 1.165) is 25.3 Å². The molecular weight excluding hydrogens is 264 g/mol. The van der Waals surface area contributed by atoms with Gasteiger partial charge in [0, 0.05) is 24.4 Å². The molecule has 1 atom stereocenters. The molecule has 0 bridgehead atoms. The minimum Gasteiger partial charge on any atom is -0.329 e. The van der Waals surface area contributed by atoms with Crippen LogP contribution in [0.25, 0.3) is 0 Å². The number of rotatable bonds is 5. The first kappa shape index (κ1) is 15.9. The van der Waals surface area contributed by atoms with Crippen LogP contribution in [0.5, 0.6) is 0 Å². The number of benzene rings is 1. The van der Waals surface area contributed by atoms with Crippen molar-refractivity contribution in [3.05, 3.63) is 35.9 Å². The third kappa shape index (κ3) is 3.05. The maximum atomic E-state index is 6.23. The van der Waals surface area contributed by atoms with Gasteiger partial charge in [0.1, 0.15) is 0 Å². The van der Waals surface area contributed by atoms with E-state index >= 15 is 0 Å². The second-order valence-corrected chi connectivity index (χ2v) is 7.68. The average molecular weight is 292 g/mol. The van der Waals surface area contributed by atoms with E-state index in [0.29, 0.717) is 5.41 Å². The molecule has 1 aliphatic heterocycles. The Balaban J connectivity index is 2.06. The van der Waals surface area contributed by atoms with Crippen LogP contribution in [0.2, 0.25) is 0 Å². The first-order valence-electron chi connectivity index (χ1n) is 7.55. The predicted octanol–water partition coefficient (Wildman–Crippen LogP) is 3.02. The Hall–Kier alpha value is -0.510. The summed E-state index contributed by atoms with van der Waals surface area (Å²) in [5, 5.41) is 0. The fourth-order valence-corrected chi connectivity index (χ4v) is 5.14. The van der Waals surface area contributed by atoms with Gasteiger partial charge in [-0.2, -0.15) is 11.8 Å². The monoisotopic (exact) mass is 292 g/mol. The summed E-state index contributed by atoms with van der Waals surface area (Å²) in [6, 6.07) is 10.7. The van der Waals surface area contributed by atoms with Crippen LogP contribution < -0.4 is 5.73 Å². The highest BCUT2D eigenvalue weighted by molar-refractivity contribution is 7.99. The van der Waals surface area contributed by atoms with Gasteiger partial charge in [-0.25, -0.2) is 0 Å². The fraction of sp³-hybridized carbons (Fsp3) is 0.647. The maximum Gasteiger partial charge on any atom is 0.0470 e. The molecule has 3 heteroatoms. The highest BCUT2D eigenvalue weighted by Crippen LogP contribution is 2.44. The Morgan fingerprint density at radius 2 is 1.95 bits per heavy atom. The molecule has 1 heterocycles. The van der Waals surface area contributed by atoms with Crippen molar-refractivity contribution < 1.29 is 0 Å². The number of nitrogens with two attached hydrogens (primary N) is 1. The minimum absolute atomic E-state index is 0.130. The molecular formula is C17H28N2S. The Morgan fingerprint density at radius 1 is 1.25 bits per heavy atom. The minimum atomic E-state index is 0.130. The zero-order valence-electron chi connectivity index (χ0n) is 13.1. The van der Waals surface area contributed by atoms with E-state index in [1.807, 2.05) is 0 Å². The van der Waals surface area contributed by atoms with Crippen LogP contribution >= 0.6 is 11.8 Å². The molecule has 0 aromatic heterocycles. The van der Waals surface area contributed by atoms with Gasteiger partial charge in [-0.15, -0.1) is 0 Å². The standard InChI is InChI=1S/C17H28N2S/c1-16(2)10-12-20-14-17(16,13-18)19(3)11-9-15-7-5-4-6-8-15/h4-8H,9-14,18H2,1-3H3. The molecule has 1 unspecified atom stereocenters. The summed E-state index contributed by atoms with van der Waals surface area (Å²) in [6.07, 6.45) is 2.35. The number of hydrogen-bond donors (Lipinski definition) is 1. The van der Waals surface area contributed by atoms with Crippen molar-refractivity contribution in [2.75, 3.05) is 31.6 Å². The lowest BCUT2D eigenvalue weighted by Crippen LogP contribution is -2.64. The number of nitrogens with zero attached hydrogens (tertiary/aromatic N) is 1. The molecule has 2 nitrogen and oxygen atoms in total. The third-order valence-corrected chi connectivity index (χ3v) is 6.29. The van der Waals surface area contributed by atoms with Crippen LogP contribution in [-0.2, 0) is 6.42 Å². The highest BCUT2D eigenvalue weighted by Gasteiger charge is 2.48. The average Bonchev–Trinajstić information content (AvgIpc) is 2.46. The summed E-state index contributed by atoms with van der Waals surface area (Å²) in [7, 11) is 2.25. The summed E-state index contributed by atoms with van der Waals surface area (Å²) >= 11 is 2.06. The summed E-state index contributed by atoms with van der Waals surface area (Å²) in [5.41, 5.74) is 8.06. The van der Waals surface area contributed by atoms with Crippen molar-refractivity contribution in [3.8, 4) is 0 Å². The van der Waals surface area contributed by atoms with Crippen molar-refractivity contribution in [1.29, 1.82) is 0 Å². The van der Waals surface area contributed by atoms with Gasteiger partial charge in [0.2, 0.25) is 0 Å². The van der Waals surface area contributed by atoms with Gasteiger partial charge in [0.25, 0.3) is 0 Å². The van der Waals surface area contributed by atoms with Crippen molar-refractivity contribution in [1.82, 2.24) is 4.90 Å². The van der Waals surface area contributed by atoms with Crippen LogP contribution in [0, 0.1) is 5.41 Å². The zero-order chi connectivity index (χ0) is 14.6. The summed E-state index contributed by atoms with van der Waals surface area (Å²) in [5.74, 6) is 2.42. The largest absolute Gasteiger partial charge is 0.329 e. The Morgan fingerprint density at radius 3 is 2.55 bits per heavy atom. The molecule has 1 saturated heterocycles. The quantitative estimate of drug-likeness (QED) is 0.904. The van der Waals surface area contributed by atoms with Gasteiger partial charge >= 0.3 is 0 Å². The molecule has 0 aliphatic carbocycles. The van der Waals surface area contributed by atoms with Crippen LogP contribution in [-0.4, -0.2) is 42.1 Å². The van der Waals surface area contributed by atoms with Crippen LogP contribution in [0.4, 0.5) is 0 Å². The summed E-state index contributed by atoms with van der Waals surface area (Å²) < 4.78 is 0. The van der Waals surface area contributed by atoms with Crippen LogP contribution in [0.1, 0.15) is 25.8 Å². The normalized spacial score (nSPS) is 25.9. The third-order valence-electron chi connectivity index (χ3n) is 5.12. The van der Waals surface area contributed by atoms with Crippen LogP contribution in [0.3, 0.4) is 0 Å². The van der Waals surface area contributed by atoms with Crippen molar-refractivity contribution >= 4 is 11.8 Å². The molecule has 1 aliphatic rings. The second kappa shape index (κ2) is 6.50. The molecule has 0 saturated carbocycles. The zero-order valence-corrected chi connectivity index (χ0v) is 13.9. The van der Waals surface area contributed by atoms with E-state index in [2.05, 4.69) is 67.9 Å². The molecule has 20 heavy (non-hydrogen) atoms. The van der Waals surface area contributed by atoms with E-state index < -0.39 is 0 Å². The van der Waals surface area contributed by atoms with Gasteiger partial charge < -0.3 is 5.73 Å². The van der Waals surface area contributed by atoms with E-state index in [4.69, 9.17) is 5.73 Å². The first-order valence-corrected chi connectivity index (χ1v) is 8.70. The first-order chi connectivity index (χ1) is 9.52. The van der Waals surface area contributed by atoms with Gasteiger partial charge in [0.05, 0.1) is 0 Å². The molecule has 0 amide bonds. The van der Waals surface area contributed by atoms with Crippen LogP contribution in [0.15, 0.2) is 30.3 Å². The molecule has 0 radical (unpaired) electrons.